The first kappa shape index (κ1) is 21.1. The van der Waals surface area contributed by atoms with E-state index in [4.69, 9.17) is 21.6 Å². The minimum absolute atomic E-state index is 0.152. The van der Waals surface area contributed by atoms with Crippen LogP contribution in [-0.2, 0) is 6.54 Å². The van der Waals surface area contributed by atoms with Crippen molar-refractivity contribution in [3.05, 3.63) is 80.9 Å². The summed E-state index contributed by atoms with van der Waals surface area (Å²) in [5.74, 6) is 0.522. The van der Waals surface area contributed by atoms with Gasteiger partial charge in [0.05, 0.1) is 24.3 Å². The second-order valence-electron chi connectivity index (χ2n) is 6.30. The zero-order valence-corrected chi connectivity index (χ0v) is 18.3. The Balaban J connectivity index is 1.63. The number of benzene rings is 2. The molecule has 0 saturated carbocycles. The van der Waals surface area contributed by atoms with E-state index in [9.17, 15) is 4.79 Å². The molecule has 0 saturated heterocycles. The second kappa shape index (κ2) is 10.3. The zero-order valence-electron chi connectivity index (χ0n) is 15.4. The molecule has 0 aliphatic rings. The number of carbonyl (C=O) groups excluding carboxylic acids is 1. The van der Waals surface area contributed by atoms with Crippen molar-refractivity contribution in [2.75, 3.05) is 6.61 Å². The van der Waals surface area contributed by atoms with Crippen LogP contribution in [0.1, 0.15) is 22.3 Å². The molecular formula is C21H18ClIN4O2. The highest BCUT2D eigenvalue weighted by atomic mass is 127. The highest BCUT2D eigenvalue weighted by molar-refractivity contribution is 14.1. The molecule has 2 aromatic carbocycles. The molecule has 148 valence electrons. The molecular weight excluding hydrogens is 503 g/mol. The van der Waals surface area contributed by atoms with Gasteiger partial charge in [0, 0.05) is 34.5 Å². The number of halogens is 2. The summed E-state index contributed by atoms with van der Waals surface area (Å²) in [4.78, 5) is 16.7. The van der Waals surface area contributed by atoms with Crippen molar-refractivity contribution < 1.29 is 9.53 Å². The lowest BCUT2D eigenvalue weighted by Crippen LogP contribution is -2.39. The maximum absolute atomic E-state index is 12.6. The molecule has 0 bridgehead atoms. The number of nitriles is 1. The normalized spacial score (nSPS) is 11.5. The third-order valence-corrected chi connectivity index (χ3v) is 5.28. The van der Waals surface area contributed by atoms with E-state index in [-0.39, 0.29) is 11.9 Å². The number of hydrogen-bond donors (Lipinski definition) is 1. The van der Waals surface area contributed by atoms with E-state index in [1.807, 2.05) is 12.1 Å². The van der Waals surface area contributed by atoms with Crippen LogP contribution >= 0.6 is 34.2 Å². The highest BCUT2D eigenvalue weighted by Crippen LogP contribution is 2.14. The number of aromatic nitrogens is 2. The van der Waals surface area contributed by atoms with E-state index in [0.717, 1.165) is 3.57 Å². The number of amides is 1. The van der Waals surface area contributed by atoms with Gasteiger partial charge in [-0.05, 0) is 82.7 Å². The van der Waals surface area contributed by atoms with Crippen LogP contribution in [0.4, 0.5) is 0 Å². The number of imidazole rings is 1. The van der Waals surface area contributed by atoms with E-state index in [1.165, 1.54) is 0 Å². The summed E-state index contributed by atoms with van der Waals surface area (Å²) in [6.07, 6.45) is 3.96. The predicted molar refractivity (Wildman–Crippen MR) is 119 cm³/mol. The molecule has 1 aromatic heterocycles. The number of ether oxygens (including phenoxy) is 1. The van der Waals surface area contributed by atoms with Crippen LogP contribution in [0.25, 0.3) is 0 Å². The van der Waals surface area contributed by atoms with Crippen LogP contribution in [0.2, 0.25) is 5.28 Å². The van der Waals surface area contributed by atoms with Crippen LogP contribution in [-0.4, -0.2) is 28.1 Å². The van der Waals surface area contributed by atoms with Gasteiger partial charge in [-0.2, -0.15) is 5.26 Å². The lowest BCUT2D eigenvalue weighted by Gasteiger charge is -2.20. The summed E-state index contributed by atoms with van der Waals surface area (Å²) in [5.41, 5.74) is 1.18. The Morgan fingerprint density at radius 1 is 1.24 bits per heavy atom. The summed E-state index contributed by atoms with van der Waals surface area (Å²) < 4.78 is 8.62. The Labute approximate surface area is 187 Å². The molecule has 0 radical (unpaired) electrons. The average molecular weight is 521 g/mol. The lowest BCUT2D eigenvalue weighted by atomic mass is 10.1. The van der Waals surface area contributed by atoms with Crippen molar-refractivity contribution in [3.63, 3.8) is 0 Å². The molecule has 0 aliphatic carbocycles. The summed E-state index contributed by atoms with van der Waals surface area (Å²) in [6.45, 7) is 0.877. The van der Waals surface area contributed by atoms with Gasteiger partial charge in [-0.3, -0.25) is 4.79 Å². The van der Waals surface area contributed by atoms with E-state index >= 15 is 0 Å². The SMILES string of the molecule is N#Cc1ccc(OCCC(Cn2ccnc2Cl)NC(=O)c2ccc(I)cc2)cc1. The molecule has 6 nitrogen and oxygen atoms in total. The summed E-state index contributed by atoms with van der Waals surface area (Å²) in [5, 5.41) is 12.3. The number of carbonyl (C=O) groups is 1. The van der Waals surface area contributed by atoms with Gasteiger partial charge >= 0.3 is 0 Å². The van der Waals surface area contributed by atoms with E-state index in [0.29, 0.717) is 41.7 Å². The molecule has 3 aromatic rings. The summed E-state index contributed by atoms with van der Waals surface area (Å²) in [7, 11) is 0. The van der Waals surface area contributed by atoms with Crippen LogP contribution in [0.3, 0.4) is 0 Å². The number of nitrogens with one attached hydrogen (secondary N) is 1. The first-order valence-corrected chi connectivity index (χ1v) is 10.4. The van der Waals surface area contributed by atoms with Gasteiger partial charge in [0.25, 0.3) is 5.91 Å². The monoisotopic (exact) mass is 520 g/mol. The Hall–Kier alpha value is -2.57. The minimum Gasteiger partial charge on any atom is -0.494 e. The Kier molecular flexibility index (Phi) is 7.49. The van der Waals surface area contributed by atoms with Crippen molar-refractivity contribution in [2.45, 2.75) is 19.0 Å². The average Bonchev–Trinajstić information content (AvgIpc) is 3.13. The quantitative estimate of drug-likeness (QED) is 0.450. The third kappa shape index (κ3) is 6.21. The molecule has 0 aliphatic heterocycles. The fraction of sp³-hybridized carbons (Fsp3) is 0.190. The van der Waals surface area contributed by atoms with Crippen LogP contribution in [0.15, 0.2) is 60.9 Å². The highest BCUT2D eigenvalue weighted by Gasteiger charge is 2.16. The molecule has 8 heteroatoms. The summed E-state index contributed by atoms with van der Waals surface area (Å²) in [6, 6.07) is 16.2. The minimum atomic E-state index is -0.202. The molecule has 1 amide bonds. The first-order valence-electron chi connectivity index (χ1n) is 8.91. The van der Waals surface area contributed by atoms with E-state index in [1.54, 1.807) is 53.4 Å². The largest absolute Gasteiger partial charge is 0.494 e. The van der Waals surface area contributed by atoms with Gasteiger partial charge in [-0.15, -0.1) is 0 Å². The molecule has 1 unspecified atom stereocenters. The molecule has 1 N–H and O–H groups in total. The van der Waals surface area contributed by atoms with Gasteiger partial charge in [-0.1, -0.05) is 0 Å². The molecule has 0 spiro atoms. The van der Waals surface area contributed by atoms with Crippen molar-refractivity contribution >= 4 is 40.1 Å². The standard InChI is InChI=1S/C21H18ClIN4O2/c22-21-25-10-11-27(21)14-18(26-20(28)16-3-5-17(23)6-4-16)9-12-29-19-7-1-15(13-24)2-8-19/h1-8,10-11,18H,9,12,14H2,(H,26,28). The Morgan fingerprint density at radius 2 is 1.97 bits per heavy atom. The third-order valence-electron chi connectivity index (χ3n) is 4.24. The molecule has 1 atom stereocenters. The van der Waals surface area contributed by atoms with Gasteiger partial charge < -0.3 is 14.6 Å². The van der Waals surface area contributed by atoms with Gasteiger partial charge in [-0.25, -0.2) is 4.98 Å². The van der Waals surface area contributed by atoms with Crippen molar-refractivity contribution in [1.82, 2.24) is 14.9 Å². The maximum atomic E-state index is 12.6. The number of hydrogen-bond acceptors (Lipinski definition) is 4. The first-order chi connectivity index (χ1) is 14.0. The molecule has 1 heterocycles. The Bertz CT molecular complexity index is 997. The topological polar surface area (TPSA) is 79.9 Å². The van der Waals surface area contributed by atoms with Crippen LogP contribution in [0, 0.1) is 14.9 Å². The van der Waals surface area contributed by atoms with Gasteiger partial charge in [0.15, 0.2) is 0 Å². The number of rotatable bonds is 8. The smallest absolute Gasteiger partial charge is 0.251 e. The van der Waals surface area contributed by atoms with Crippen LogP contribution in [0.5, 0.6) is 5.75 Å². The maximum Gasteiger partial charge on any atom is 0.251 e. The number of nitrogens with zero attached hydrogens (tertiary/aromatic N) is 3. The van der Waals surface area contributed by atoms with E-state index < -0.39 is 0 Å². The second-order valence-corrected chi connectivity index (χ2v) is 7.88. The van der Waals surface area contributed by atoms with Gasteiger partial charge in [0.2, 0.25) is 5.28 Å². The molecule has 0 fully saturated rings. The predicted octanol–water partition coefficient (Wildman–Crippen LogP) is 4.28. The van der Waals surface area contributed by atoms with Crippen LogP contribution < -0.4 is 10.1 Å². The summed E-state index contributed by atoms with van der Waals surface area (Å²) >= 11 is 8.29. The van der Waals surface area contributed by atoms with Gasteiger partial charge in [0.1, 0.15) is 5.75 Å². The zero-order chi connectivity index (χ0) is 20.6. The molecule has 29 heavy (non-hydrogen) atoms. The van der Waals surface area contributed by atoms with Crippen molar-refractivity contribution in [2.24, 2.45) is 0 Å². The van der Waals surface area contributed by atoms with E-state index in [2.05, 4.69) is 39.0 Å². The fourth-order valence-corrected chi connectivity index (χ4v) is 3.25. The Morgan fingerprint density at radius 3 is 2.59 bits per heavy atom. The molecule has 3 rings (SSSR count). The van der Waals surface area contributed by atoms with Crippen molar-refractivity contribution in [3.8, 4) is 11.8 Å². The fourth-order valence-electron chi connectivity index (χ4n) is 2.71. The lowest BCUT2D eigenvalue weighted by molar-refractivity contribution is 0.0926. The van der Waals surface area contributed by atoms with Crippen molar-refractivity contribution in [1.29, 1.82) is 5.26 Å².